The first-order valence-electron chi connectivity index (χ1n) is 6.03. The van der Waals surface area contributed by atoms with Crippen LogP contribution in [0.4, 0.5) is 5.69 Å². The van der Waals surface area contributed by atoms with Crippen LogP contribution in [0.25, 0.3) is 0 Å². The molecule has 1 heterocycles. The van der Waals surface area contributed by atoms with E-state index in [9.17, 15) is 9.59 Å². The Morgan fingerprint density at radius 3 is 3.05 bits per heavy atom. The Kier molecular flexibility index (Phi) is 4.35. The molecule has 6 heteroatoms. The number of amides is 2. The normalized spacial score (nSPS) is 17.1. The molecule has 19 heavy (non-hydrogen) atoms. The number of hydrogen-bond acceptors (Lipinski definition) is 4. The van der Waals surface area contributed by atoms with E-state index in [4.69, 9.17) is 9.47 Å². The number of anilines is 1. The molecule has 0 radical (unpaired) electrons. The summed E-state index contributed by atoms with van der Waals surface area (Å²) in [7, 11) is 1.56. The fraction of sp³-hybridized carbons (Fsp3) is 0.385. The Balaban J connectivity index is 1.92. The van der Waals surface area contributed by atoms with Crippen LogP contribution in [0.3, 0.4) is 0 Å². The molecule has 1 aromatic carbocycles. The van der Waals surface area contributed by atoms with Crippen LogP contribution in [-0.2, 0) is 14.3 Å². The van der Waals surface area contributed by atoms with Crippen molar-refractivity contribution in [3.8, 4) is 5.75 Å². The summed E-state index contributed by atoms with van der Waals surface area (Å²) in [5.41, 5.74) is 0.628. The van der Waals surface area contributed by atoms with Crippen molar-refractivity contribution >= 4 is 17.5 Å². The van der Waals surface area contributed by atoms with Gasteiger partial charge in [0, 0.05) is 13.7 Å². The summed E-state index contributed by atoms with van der Waals surface area (Å²) >= 11 is 0. The molecule has 2 amide bonds. The molecule has 0 spiro atoms. The molecule has 2 rings (SSSR count). The van der Waals surface area contributed by atoms with E-state index in [0.717, 1.165) is 0 Å². The third-order valence-electron chi connectivity index (χ3n) is 2.71. The van der Waals surface area contributed by atoms with Gasteiger partial charge < -0.3 is 20.1 Å². The van der Waals surface area contributed by atoms with E-state index in [2.05, 4.69) is 10.6 Å². The number of hydrogen-bond donors (Lipinski definition) is 2. The third kappa shape index (κ3) is 3.45. The highest BCUT2D eigenvalue weighted by Crippen LogP contribution is 2.29. The fourth-order valence-corrected chi connectivity index (χ4v) is 1.76. The highest BCUT2D eigenvalue weighted by Gasteiger charge is 2.29. The van der Waals surface area contributed by atoms with Gasteiger partial charge in [0.25, 0.3) is 5.91 Å². The van der Waals surface area contributed by atoms with Crippen LogP contribution in [-0.4, -0.2) is 38.2 Å². The lowest BCUT2D eigenvalue weighted by Crippen LogP contribution is -2.41. The minimum absolute atomic E-state index is 0.0100. The van der Waals surface area contributed by atoms with Gasteiger partial charge in [-0.25, -0.2) is 0 Å². The van der Waals surface area contributed by atoms with Gasteiger partial charge in [0.2, 0.25) is 5.91 Å². The zero-order chi connectivity index (χ0) is 13.7. The summed E-state index contributed by atoms with van der Waals surface area (Å²) in [6, 6.07) is 7.12. The minimum Gasteiger partial charge on any atom is -0.478 e. The van der Waals surface area contributed by atoms with Crippen LogP contribution in [0.5, 0.6) is 5.75 Å². The van der Waals surface area contributed by atoms with Gasteiger partial charge in [0.05, 0.1) is 18.7 Å². The maximum absolute atomic E-state index is 11.8. The molecule has 1 atom stereocenters. The van der Waals surface area contributed by atoms with Crippen molar-refractivity contribution in [2.75, 3.05) is 25.6 Å². The summed E-state index contributed by atoms with van der Waals surface area (Å²) in [4.78, 5) is 23.4. The number of carbonyl (C=O) groups is 2. The molecule has 0 fully saturated rings. The number of fused-ring (bicyclic) bond motifs is 1. The first-order valence-corrected chi connectivity index (χ1v) is 6.03. The molecule has 2 N–H and O–H groups in total. The molecule has 1 aliphatic rings. The second-order valence-electron chi connectivity index (χ2n) is 4.14. The minimum atomic E-state index is -0.794. The molecular weight excluding hydrogens is 248 g/mol. The van der Waals surface area contributed by atoms with Crippen LogP contribution in [0, 0.1) is 0 Å². The fourth-order valence-electron chi connectivity index (χ4n) is 1.76. The standard InChI is InChI=1S/C13H16N2O4/c1-18-7-6-14-12(16)8-11-13(17)15-9-4-2-3-5-10(9)19-11/h2-5,11H,6-8H2,1H3,(H,14,16)(H,15,17)/t11-/m1/s1. The van der Waals surface area contributed by atoms with Crippen LogP contribution in [0.15, 0.2) is 24.3 Å². The first-order chi connectivity index (χ1) is 9.20. The first kappa shape index (κ1) is 13.4. The van der Waals surface area contributed by atoms with E-state index < -0.39 is 6.10 Å². The molecule has 0 aliphatic carbocycles. The van der Waals surface area contributed by atoms with Gasteiger partial charge in [-0.3, -0.25) is 9.59 Å². The average molecular weight is 264 g/mol. The van der Waals surface area contributed by atoms with Crippen LogP contribution in [0.1, 0.15) is 6.42 Å². The van der Waals surface area contributed by atoms with Gasteiger partial charge in [0.15, 0.2) is 6.10 Å². The zero-order valence-electron chi connectivity index (χ0n) is 10.6. The van der Waals surface area contributed by atoms with E-state index in [0.29, 0.717) is 24.6 Å². The maximum atomic E-state index is 11.8. The Hall–Kier alpha value is -2.08. The largest absolute Gasteiger partial charge is 0.478 e. The second kappa shape index (κ2) is 6.19. The summed E-state index contributed by atoms with van der Waals surface area (Å²) in [6.45, 7) is 0.854. The lowest BCUT2D eigenvalue weighted by molar-refractivity contribution is -0.130. The van der Waals surface area contributed by atoms with E-state index in [1.807, 2.05) is 6.07 Å². The number of para-hydroxylation sites is 2. The number of rotatable bonds is 5. The molecule has 0 saturated carbocycles. The van der Waals surface area contributed by atoms with Crippen molar-refractivity contribution in [1.82, 2.24) is 5.32 Å². The predicted octanol–water partition coefficient (Wildman–Crippen LogP) is 0.539. The van der Waals surface area contributed by atoms with E-state index in [1.54, 1.807) is 25.3 Å². The van der Waals surface area contributed by atoms with Gasteiger partial charge in [0.1, 0.15) is 5.75 Å². The quantitative estimate of drug-likeness (QED) is 0.761. The lowest BCUT2D eigenvalue weighted by Gasteiger charge is -2.25. The molecule has 0 saturated heterocycles. The predicted molar refractivity (Wildman–Crippen MR) is 69.0 cm³/mol. The zero-order valence-corrected chi connectivity index (χ0v) is 10.6. The molecular formula is C13H16N2O4. The van der Waals surface area contributed by atoms with Crippen LogP contribution in [0.2, 0.25) is 0 Å². The highest BCUT2D eigenvalue weighted by molar-refractivity contribution is 5.99. The number of methoxy groups -OCH3 is 1. The summed E-state index contributed by atoms with van der Waals surface area (Å²) in [5, 5.41) is 5.37. The smallest absolute Gasteiger partial charge is 0.266 e. The van der Waals surface area contributed by atoms with Crippen LogP contribution < -0.4 is 15.4 Å². The molecule has 0 aromatic heterocycles. The van der Waals surface area contributed by atoms with E-state index in [-0.39, 0.29) is 18.2 Å². The number of benzene rings is 1. The SMILES string of the molecule is COCCNC(=O)C[C@H]1Oc2ccccc2NC1=O. The van der Waals surface area contributed by atoms with Crippen molar-refractivity contribution in [1.29, 1.82) is 0 Å². The molecule has 1 aliphatic heterocycles. The Morgan fingerprint density at radius 1 is 1.47 bits per heavy atom. The van der Waals surface area contributed by atoms with Gasteiger partial charge in [-0.15, -0.1) is 0 Å². The van der Waals surface area contributed by atoms with Gasteiger partial charge in [-0.05, 0) is 12.1 Å². The van der Waals surface area contributed by atoms with Crippen molar-refractivity contribution in [2.45, 2.75) is 12.5 Å². The van der Waals surface area contributed by atoms with Crippen molar-refractivity contribution < 1.29 is 19.1 Å². The summed E-state index contributed by atoms with van der Waals surface area (Å²) < 4.78 is 10.3. The number of ether oxygens (including phenoxy) is 2. The summed E-state index contributed by atoms with van der Waals surface area (Å²) in [6.07, 6.45) is -0.804. The van der Waals surface area contributed by atoms with Crippen molar-refractivity contribution in [3.63, 3.8) is 0 Å². The maximum Gasteiger partial charge on any atom is 0.266 e. The van der Waals surface area contributed by atoms with E-state index >= 15 is 0 Å². The van der Waals surface area contributed by atoms with Crippen LogP contribution >= 0.6 is 0 Å². The molecule has 1 aromatic rings. The Morgan fingerprint density at radius 2 is 2.26 bits per heavy atom. The molecule has 0 bridgehead atoms. The Labute approximate surface area is 111 Å². The number of carbonyl (C=O) groups excluding carboxylic acids is 2. The molecule has 6 nitrogen and oxygen atoms in total. The number of nitrogens with one attached hydrogen (secondary N) is 2. The molecule has 0 unspecified atom stereocenters. The summed E-state index contributed by atoms with van der Waals surface area (Å²) in [5.74, 6) is 0.0361. The van der Waals surface area contributed by atoms with Gasteiger partial charge in [-0.1, -0.05) is 12.1 Å². The van der Waals surface area contributed by atoms with E-state index in [1.165, 1.54) is 0 Å². The lowest BCUT2D eigenvalue weighted by atomic mass is 10.1. The Bertz CT molecular complexity index is 475. The average Bonchev–Trinajstić information content (AvgIpc) is 2.40. The second-order valence-corrected chi connectivity index (χ2v) is 4.14. The third-order valence-corrected chi connectivity index (χ3v) is 2.71. The van der Waals surface area contributed by atoms with Crippen molar-refractivity contribution in [3.05, 3.63) is 24.3 Å². The highest BCUT2D eigenvalue weighted by atomic mass is 16.5. The topological polar surface area (TPSA) is 76.7 Å². The van der Waals surface area contributed by atoms with Gasteiger partial charge >= 0.3 is 0 Å². The monoisotopic (exact) mass is 264 g/mol. The van der Waals surface area contributed by atoms with Gasteiger partial charge in [-0.2, -0.15) is 0 Å². The van der Waals surface area contributed by atoms with Crippen molar-refractivity contribution in [2.24, 2.45) is 0 Å². The molecule has 102 valence electrons.